The van der Waals surface area contributed by atoms with Gasteiger partial charge in [-0.2, -0.15) is 0 Å². The zero-order chi connectivity index (χ0) is 14.3. The molecule has 5 nitrogen and oxygen atoms in total. The van der Waals surface area contributed by atoms with Crippen molar-refractivity contribution in [3.8, 4) is 11.5 Å². The van der Waals surface area contributed by atoms with E-state index in [0.29, 0.717) is 24.3 Å². The second kappa shape index (κ2) is 4.66. The van der Waals surface area contributed by atoms with Crippen LogP contribution < -0.4 is 9.47 Å². The molecule has 1 saturated heterocycles. The van der Waals surface area contributed by atoms with Gasteiger partial charge in [-0.3, -0.25) is 9.69 Å². The molecule has 108 valence electrons. The molecule has 1 aromatic rings. The smallest absolute Gasteiger partial charge is 0.314 e. The topological polar surface area (TPSA) is 59.0 Å². The summed E-state index contributed by atoms with van der Waals surface area (Å²) in [6.45, 7) is 1.72. The molecule has 1 aromatic carbocycles. The van der Waals surface area contributed by atoms with Crippen molar-refractivity contribution in [1.82, 2.24) is 4.90 Å². The minimum absolute atomic E-state index is 0.111. The Morgan fingerprint density at radius 3 is 2.60 bits per heavy atom. The molecular weight excluding hydrogens is 258 g/mol. The number of methoxy groups -OCH3 is 1. The van der Waals surface area contributed by atoms with Crippen molar-refractivity contribution in [2.24, 2.45) is 0 Å². The van der Waals surface area contributed by atoms with E-state index in [9.17, 15) is 9.90 Å². The van der Waals surface area contributed by atoms with Crippen LogP contribution in [-0.2, 0) is 10.2 Å². The van der Waals surface area contributed by atoms with Gasteiger partial charge in [0.2, 0.25) is 0 Å². The Labute approximate surface area is 118 Å². The van der Waals surface area contributed by atoms with Crippen molar-refractivity contribution in [3.05, 3.63) is 23.8 Å². The number of benzene rings is 1. The maximum Gasteiger partial charge on any atom is 0.314 e. The monoisotopic (exact) mass is 277 g/mol. The third-order valence-corrected chi connectivity index (χ3v) is 4.19. The van der Waals surface area contributed by atoms with Crippen LogP contribution in [0.15, 0.2) is 18.2 Å². The van der Waals surface area contributed by atoms with E-state index in [1.807, 2.05) is 25.2 Å². The molecule has 0 unspecified atom stereocenters. The van der Waals surface area contributed by atoms with E-state index < -0.39 is 11.4 Å². The van der Waals surface area contributed by atoms with E-state index in [1.54, 1.807) is 7.11 Å². The Morgan fingerprint density at radius 1 is 1.40 bits per heavy atom. The number of hydrogen-bond donors (Lipinski definition) is 1. The van der Waals surface area contributed by atoms with Gasteiger partial charge in [0.15, 0.2) is 11.5 Å². The second-order valence-corrected chi connectivity index (χ2v) is 5.69. The summed E-state index contributed by atoms with van der Waals surface area (Å²) in [7, 11) is 3.61. The number of carboxylic acid groups (broad SMARTS) is 1. The number of para-hydroxylation sites is 1. The molecule has 1 aliphatic carbocycles. The van der Waals surface area contributed by atoms with Crippen LogP contribution >= 0.6 is 0 Å². The molecule has 1 saturated carbocycles. The molecule has 0 amide bonds. The predicted molar refractivity (Wildman–Crippen MR) is 73.5 cm³/mol. The van der Waals surface area contributed by atoms with Crippen LogP contribution in [0.1, 0.15) is 18.4 Å². The number of aliphatic carboxylic acids is 1. The van der Waals surface area contributed by atoms with Crippen LogP contribution in [0.3, 0.4) is 0 Å². The maximum atomic E-state index is 11.6. The molecular formula is C15H19NO4. The Kier molecular flexibility index (Phi) is 3.09. The van der Waals surface area contributed by atoms with Crippen molar-refractivity contribution in [1.29, 1.82) is 0 Å². The number of hydrogen-bond acceptors (Lipinski definition) is 4. The van der Waals surface area contributed by atoms with Gasteiger partial charge in [0.05, 0.1) is 12.5 Å². The zero-order valence-corrected chi connectivity index (χ0v) is 11.8. The SMILES string of the molecule is COc1cccc(C2(C(=O)O)CC2)c1OC1CN(C)C1. The van der Waals surface area contributed by atoms with Gasteiger partial charge < -0.3 is 14.6 Å². The first kappa shape index (κ1) is 13.2. The summed E-state index contributed by atoms with van der Waals surface area (Å²) >= 11 is 0. The molecule has 0 spiro atoms. The number of carboxylic acids is 1. The Morgan fingerprint density at radius 2 is 2.10 bits per heavy atom. The van der Waals surface area contributed by atoms with Crippen LogP contribution in [0, 0.1) is 0 Å². The molecule has 3 rings (SSSR count). The third-order valence-electron chi connectivity index (χ3n) is 4.19. The fraction of sp³-hybridized carbons (Fsp3) is 0.533. The number of carbonyl (C=O) groups is 1. The highest BCUT2D eigenvalue weighted by Crippen LogP contribution is 2.53. The summed E-state index contributed by atoms with van der Waals surface area (Å²) in [6, 6.07) is 5.50. The maximum absolute atomic E-state index is 11.6. The van der Waals surface area contributed by atoms with E-state index in [0.717, 1.165) is 18.7 Å². The summed E-state index contributed by atoms with van der Waals surface area (Å²) in [5, 5.41) is 9.49. The normalized spacial score (nSPS) is 21.1. The lowest BCUT2D eigenvalue weighted by atomic mass is 9.94. The first-order valence-corrected chi connectivity index (χ1v) is 6.83. The van der Waals surface area contributed by atoms with Crippen LogP contribution in [0.5, 0.6) is 11.5 Å². The number of ether oxygens (including phenoxy) is 2. The number of nitrogens with zero attached hydrogens (tertiary/aromatic N) is 1. The second-order valence-electron chi connectivity index (χ2n) is 5.69. The van der Waals surface area contributed by atoms with Gasteiger partial charge in [0.1, 0.15) is 6.10 Å². The average molecular weight is 277 g/mol. The van der Waals surface area contributed by atoms with E-state index >= 15 is 0 Å². The average Bonchev–Trinajstić information content (AvgIpc) is 3.18. The summed E-state index contributed by atoms with van der Waals surface area (Å²) in [5.74, 6) is 0.443. The van der Waals surface area contributed by atoms with Crippen LogP contribution in [-0.4, -0.2) is 49.3 Å². The standard InChI is InChI=1S/C15H19NO4/c1-16-8-10(9-16)20-13-11(4-3-5-12(13)19-2)15(6-7-15)14(17)18/h3-5,10H,6-9H2,1-2H3,(H,17,18). The van der Waals surface area contributed by atoms with Crippen molar-refractivity contribution in [3.63, 3.8) is 0 Å². The van der Waals surface area contributed by atoms with E-state index in [2.05, 4.69) is 4.90 Å². The molecule has 2 aliphatic rings. The van der Waals surface area contributed by atoms with Crippen molar-refractivity contribution in [2.45, 2.75) is 24.4 Å². The minimum atomic E-state index is -0.778. The quantitative estimate of drug-likeness (QED) is 0.884. The molecule has 1 heterocycles. The van der Waals surface area contributed by atoms with E-state index in [1.165, 1.54) is 0 Å². The Balaban J connectivity index is 1.95. The van der Waals surface area contributed by atoms with Crippen molar-refractivity contribution >= 4 is 5.97 Å². The van der Waals surface area contributed by atoms with Crippen molar-refractivity contribution < 1.29 is 19.4 Å². The summed E-state index contributed by atoms with van der Waals surface area (Å²) in [6.07, 6.45) is 1.44. The van der Waals surface area contributed by atoms with Crippen LogP contribution in [0.25, 0.3) is 0 Å². The predicted octanol–water partition coefficient (Wildman–Crippen LogP) is 1.50. The van der Waals surface area contributed by atoms with Gasteiger partial charge in [0.25, 0.3) is 0 Å². The van der Waals surface area contributed by atoms with Gasteiger partial charge in [-0.05, 0) is 26.0 Å². The lowest BCUT2D eigenvalue weighted by Crippen LogP contribution is -2.51. The first-order valence-electron chi connectivity index (χ1n) is 6.83. The Bertz CT molecular complexity index is 533. The highest BCUT2D eigenvalue weighted by molar-refractivity contribution is 5.86. The van der Waals surface area contributed by atoms with Gasteiger partial charge in [-0.15, -0.1) is 0 Å². The van der Waals surface area contributed by atoms with Crippen LogP contribution in [0.2, 0.25) is 0 Å². The Hall–Kier alpha value is -1.75. The highest BCUT2D eigenvalue weighted by atomic mass is 16.5. The zero-order valence-electron chi connectivity index (χ0n) is 11.8. The molecule has 1 aliphatic heterocycles. The minimum Gasteiger partial charge on any atom is -0.493 e. The summed E-state index contributed by atoms with van der Waals surface area (Å²) in [5.41, 5.74) is -0.0293. The first-order chi connectivity index (χ1) is 9.56. The van der Waals surface area contributed by atoms with Crippen LogP contribution in [0.4, 0.5) is 0 Å². The number of likely N-dealkylation sites (N-methyl/N-ethyl adjacent to an activating group) is 1. The molecule has 0 bridgehead atoms. The molecule has 1 N–H and O–H groups in total. The molecule has 0 atom stereocenters. The van der Waals surface area contributed by atoms with Gasteiger partial charge in [-0.1, -0.05) is 12.1 Å². The molecule has 0 aromatic heterocycles. The largest absolute Gasteiger partial charge is 0.493 e. The highest BCUT2D eigenvalue weighted by Gasteiger charge is 2.54. The van der Waals surface area contributed by atoms with E-state index in [4.69, 9.17) is 9.47 Å². The molecule has 0 radical (unpaired) electrons. The third kappa shape index (κ3) is 2.02. The number of rotatable bonds is 5. The molecule has 5 heteroatoms. The lowest BCUT2D eigenvalue weighted by molar-refractivity contribution is -0.140. The fourth-order valence-electron chi connectivity index (χ4n) is 2.78. The number of likely N-dealkylation sites (tertiary alicyclic amines) is 1. The van der Waals surface area contributed by atoms with Gasteiger partial charge >= 0.3 is 5.97 Å². The molecule has 2 fully saturated rings. The van der Waals surface area contributed by atoms with E-state index in [-0.39, 0.29) is 6.10 Å². The fourth-order valence-corrected chi connectivity index (χ4v) is 2.78. The summed E-state index contributed by atoms with van der Waals surface area (Å²) < 4.78 is 11.4. The van der Waals surface area contributed by atoms with Crippen molar-refractivity contribution in [2.75, 3.05) is 27.2 Å². The van der Waals surface area contributed by atoms with Gasteiger partial charge in [-0.25, -0.2) is 0 Å². The van der Waals surface area contributed by atoms with Gasteiger partial charge in [0, 0.05) is 18.7 Å². The molecule has 20 heavy (non-hydrogen) atoms. The summed E-state index contributed by atoms with van der Waals surface area (Å²) in [4.78, 5) is 13.7. The lowest BCUT2D eigenvalue weighted by Gasteiger charge is -2.37.